The molecular weight excluding hydrogens is 162 g/mol. The Morgan fingerprint density at radius 2 is 1.85 bits per heavy atom. The minimum Gasteiger partial charge on any atom is -0.375 e. The summed E-state index contributed by atoms with van der Waals surface area (Å²) in [6.07, 6.45) is 7.25. The van der Waals surface area contributed by atoms with Gasteiger partial charge in [0, 0.05) is 13.1 Å². The van der Waals surface area contributed by atoms with Crippen LogP contribution in [-0.2, 0) is 0 Å². The first-order chi connectivity index (χ1) is 6.23. The third kappa shape index (κ3) is 1.62. The van der Waals surface area contributed by atoms with E-state index in [-0.39, 0.29) is 0 Å². The van der Waals surface area contributed by atoms with Crippen LogP contribution in [0.1, 0.15) is 45.4 Å². The molecule has 13 heavy (non-hydrogen) atoms. The fourth-order valence-corrected chi connectivity index (χ4v) is 2.89. The lowest BCUT2D eigenvalue weighted by molar-refractivity contribution is -0.155. The molecule has 1 heterocycles. The maximum Gasteiger partial charge on any atom is 0.121 e. The third-order valence-electron chi connectivity index (χ3n) is 3.87. The smallest absolute Gasteiger partial charge is 0.121 e. The van der Waals surface area contributed by atoms with Crippen molar-refractivity contribution in [3.8, 4) is 0 Å². The van der Waals surface area contributed by atoms with Crippen molar-refractivity contribution in [3.05, 3.63) is 0 Å². The highest BCUT2D eigenvalue weighted by atomic mass is 16.3. The van der Waals surface area contributed by atoms with Crippen LogP contribution in [0.4, 0.5) is 0 Å². The molecule has 1 aliphatic heterocycles. The van der Waals surface area contributed by atoms with Crippen LogP contribution in [-0.4, -0.2) is 28.8 Å². The van der Waals surface area contributed by atoms with Gasteiger partial charge < -0.3 is 5.11 Å². The van der Waals surface area contributed by atoms with Gasteiger partial charge in [-0.25, -0.2) is 0 Å². The quantitative estimate of drug-likeness (QED) is 0.672. The number of nitrogens with zero attached hydrogens (tertiary/aromatic N) is 1. The minimum absolute atomic E-state index is 0.450. The van der Waals surface area contributed by atoms with Gasteiger partial charge in [-0.15, -0.1) is 0 Å². The van der Waals surface area contributed by atoms with Crippen molar-refractivity contribution in [1.29, 1.82) is 0 Å². The highest BCUT2D eigenvalue weighted by Gasteiger charge is 2.41. The second-order valence-electron chi connectivity index (χ2n) is 4.72. The van der Waals surface area contributed by atoms with Crippen molar-refractivity contribution in [2.75, 3.05) is 13.1 Å². The summed E-state index contributed by atoms with van der Waals surface area (Å²) in [5, 5.41) is 10.6. The van der Waals surface area contributed by atoms with Crippen molar-refractivity contribution < 1.29 is 5.11 Å². The van der Waals surface area contributed by atoms with Gasteiger partial charge in [-0.1, -0.05) is 13.3 Å². The molecule has 0 aromatic carbocycles. The van der Waals surface area contributed by atoms with Crippen LogP contribution in [0.15, 0.2) is 0 Å². The first-order valence-electron chi connectivity index (χ1n) is 5.71. The van der Waals surface area contributed by atoms with E-state index in [1.54, 1.807) is 0 Å². The lowest BCUT2D eigenvalue weighted by Crippen LogP contribution is -2.53. The molecule has 76 valence electrons. The Kier molecular flexibility index (Phi) is 2.61. The Bertz CT molecular complexity index is 177. The van der Waals surface area contributed by atoms with E-state index in [4.69, 9.17) is 0 Å². The molecule has 0 spiro atoms. The lowest BCUT2D eigenvalue weighted by atomic mass is 9.81. The highest BCUT2D eigenvalue weighted by Crippen LogP contribution is 2.37. The lowest BCUT2D eigenvalue weighted by Gasteiger charge is -2.44. The van der Waals surface area contributed by atoms with Crippen molar-refractivity contribution in [1.82, 2.24) is 4.90 Å². The van der Waals surface area contributed by atoms with E-state index in [0.29, 0.717) is 5.92 Å². The molecule has 0 aromatic rings. The number of likely N-dealkylation sites (tertiary alicyclic amines) is 1. The van der Waals surface area contributed by atoms with Crippen molar-refractivity contribution >= 4 is 0 Å². The van der Waals surface area contributed by atoms with Crippen LogP contribution in [0.25, 0.3) is 0 Å². The van der Waals surface area contributed by atoms with Crippen LogP contribution in [0.3, 0.4) is 0 Å². The summed E-state index contributed by atoms with van der Waals surface area (Å²) >= 11 is 0. The van der Waals surface area contributed by atoms with Crippen molar-refractivity contribution in [3.63, 3.8) is 0 Å². The van der Waals surface area contributed by atoms with Gasteiger partial charge in [-0.05, 0) is 38.0 Å². The standard InChI is InChI=1S/C11H21NO/c1-10-6-2-3-7-11(10,13)12-8-4-5-9-12/h10,13H,2-9H2,1H3. The van der Waals surface area contributed by atoms with Crippen LogP contribution in [0, 0.1) is 5.92 Å². The number of aliphatic hydroxyl groups is 1. The van der Waals surface area contributed by atoms with Gasteiger partial charge in [0.15, 0.2) is 0 Å². The van der Waals surface area contributed by atoms with Gasteiger partial charge in [0.1, 0.15) is 5.72 Å². The molecule has 2 heteroatoms. The minimum atomic E-state index is -0.450. The highest BCUT2D eigenvalue weighted by molar-refractivity contribution is 4.89. The van der Waals surface area contributed by atoms with Gasteiger partial charge in [-0.3, -0.25) is 4.90 Å². The molecule has 2 rings (SSSR count). The summed E-state index contributed by atoms with van der Waals surface area (Å²) in [6.45, 7) is 4.43. The Labute approximate surface area is 80.9 Å². The maximum atomic E-state index is 10.6. The van der Waals surface area contributed by atoms with Crippen LogP contribution in [0.5, 0.6) is 0 Å². The number of hydrogen-bond acceptors (Lipinski definition) is 2. The van der Waals surface area contributed by atoms with Crippen LogP contribution < -0.4 is 0 Å². The Morgan fingerprint density at radius 3 is 2.46 bits per heavy atom. The van der Waals surface area contributed by atoms with Crippen LogP contribution >= 0.6 is 0 Å². The first kappa shape index (κ1) is 9.47. The fourth-order valence-electron chi connectivity index (χ4n) is 2.89. The largest absolute Gasteiger partial charge is 0.375 e. The van der Waals surface area contributed by atoms with Gasteiger partial charge in [0.05, 0.1) is 0 Å². The SMILES string of the molecule is CC1CCCCC1(O)N1CCCC1. The molecule has 1 N–H and O–H groups in total. The topological polar surface area (TPSA) is 23.5 Å². The van der Waals surface area contributed by atoms with E-state index in [2.05, 4.69) is 11.8 Å². The molecule has 1 aliphatic carbocycles. The summed E-state index contributed by atoms with van der Waals surface area (Å²) in [6, 6.07) is 0. The Hall–Kier alpha value is -0.0800. The normalized spacial score (nSPS) is 42.5. The zero-order valence-electron chi connectivity index (χ0n) is 8.63. The molecule has 0 bridgehead atoms. The average Bonchev–Trinajstić information content (AvgIpc) is 2.63. The first-order valence-corrected chi connectivity index (χ1v) is 5.71. The maximum absolute atomic E-state index is 10.6. The monoisotopic (exact) mass is 183 g/mol. The molecule has 2 nitrogen and oxygen atoms in total. The second-order valence-corrected chi connectivity index (χ2v) is 4.72. The van der Waals surface area contributed by atoms with Crippen molar-refractivity contribution in [2.45, 2.75) is 51.2 Å². The van der Waals surface area contributed by atoms with Gasteiger partial charge in [0.25, 0.3) is 0 Å². The summed E-state index contributed by atoms with van der Waals surface area (Å²) < 4.78 is 0. The third-order valence-corrected chi connectivity index (χ3v) is 3.87. The van der Waals surface area contributed by atoms with E-state index < -0.39 is 5.72 Å². The summed E-state index contributed by atoms with van der Waals surface area (Å²) in [5.74, 6) is 0.472. The molecule has 0 amide bonds. The van der Waals surface area contributed by atoms with E-state index in [1.165, 1.54) is 32.1 Å². The van der Waals surface area contributed by atoms with E-state index in [1.807, 2.05) is 0 Å². The second kappa shape index (κ2) is 3.58. The van der Waals surface area contributed by atoms with Crippen molar-refractivity contribution in [2.24, 2.45) is 5.92 Å². The molecule has 0 aromatic heterocycles. The summed E-state index contributed by atoms with van der Waals surface area (Å²) in [4.78, 5) is 2.32. The van der Waals surface area contributed by atoms with Gasteiger partial charge in [-0.2, -0.15) is 0 Å². The predicted octanol–water partition coefficient (Wildman–Crippen LogP) is 1.98. The fraction of sp³-hybridized carbons (Fsp3) is 1.00. The van der Waals surface area contributed by atoms with E-state index >= 15 is 0 Å². The summed E-state index contributed by atoms with van der Waals surface area (Å²) in [7, 11) is 0. The summed E-state index contributed by atoms with van der Waals surface area (Å²) in [5.41, 5.74) is -0.450. The average molecular weight is 183 g/mol. The van der Waals surface area contributed by atoms with Crippen LogP contribution in [0.2, 0.25) is 0 Å². The molecule has 1 saturated carbocycles. The molecule has 2 aliphatic rings. The molecule has 2 fully saturated rings. The molecular formula is C11H21NO. The number of rotatable bonds is 1. The Morgan fingerprint density at radius 1 is 1.15 bits per heavy atom. The molecule has 2 unspecified atom stereocenters. The predicted molar refractivity (Wildman–Crippen MR) is 53.4 cm³/mol. The Balaban J connectivity index is 2.06. The molecule has 0 radical (unpaired) electrons. The molecule has 2 atom stereocenters. The van der Waals surface area contributed by atoms with E-state index in [0.717, 1.165) is 19.5 Å². The van der Waals surface area contributed by atoms with Gasteiger partial charge >= 0.3 is 0 Å². The zero-order chi connectivity index (χ0) is 9.31. The zero-order valence-corrected chi connectivity index (χ0v) is 8.63. The molecule has 1 saturated heterocycles. The van der Waals surface area contributed by atoms with E-state index in [9.17, 15) is 5.11 Å². The number of hydrogen-bond donors (Lipinski definition) is 1. The van der Waals surface area contributed by atoms with Gasteiger partial charge in [0.2, 0.25) is 0 Å².